The first kappa shape index (κ1) is 10.1. The van der Waals surface area contributed by atoms with Crippen molar-refractivity contribution in [1.29, 1.82) is 0 Å². The molecule has 1 aromatic heterocycles. The maximum absolute atomic E-state index is 11.3. The van der Waals surface area contributed by atoms with E-state index in [0.717, 1.165) is 10.1 Å². The van der Waals surface area contributed by atoms with Gasteiger partial charge in [0.25, 0.3) is 0 Å². The van der Waals surface area contributed by atoms with Crippen molar-refractivity contribution in [2.75, 3.05) is 0 Å². The van der Waals surface area contributed by atoms with Crippen molar-refractivity contribution in [3.05, 3.63) is 29.6 Å². The van der Waals surface area contributed by atoms with Crippen LogP contribution in [0.15, 0.2) is 29.6 Å². The van der Waals surface area contributed by atoms with E-state index in [1.165, 1.54) is 0 Å². The molecule has 1 aromatic carbocycles. The van der Waals surface area contributed by atoms with Crippen LogP contribution in [0.2, 0.25) is 0 Å². The van der Waals surface area contributed by atoms with Gasteiger partial charge in [0, 0.05) is 15.5 Å². The summed E-state index contributed by atoms with van der Waals surface area (Å²) in [6.07, 6.45) is 0. The number of esters is 1. The van der Waals surface area contributed by atoms with Crippen LogP contribution >= 0.6 is 11.3 Å². The Kier molecular flexibility index (Phi) is 2.70. The first-order valence-corrected chi connectivity index (χ1v) is 5.50. The summed E-state index contributed by atoms with van der Waals surface area (Å²) in [4.78, 5) is 11.3. The third-order valence-corrected chi connectivity index (χ3v) is 2.97. The molecule has 1 heterocycles. The van der Waals surface area contributed by atoms with E-state index >= 15 is 0 Å². The van der Waals surface area contributed by atoms with Crippen LogP contribution in [-0.4, -0.2) is 12.0 Å². The predicted octanol–water partition coefficient (Wildman–Crippen LogP) is 2.15. The van der Waals surface area contributed by atoms with E-state index in [-0.39, 0.29) is 0 Å². The Morgan fingerprint density at radius 2 is 2.20 bits per heavy atom. The number of thiophene rings is 1. The SMILES string of the molecule is C[C@H](N)C(=O)Oc1csc2ccccc12. The standard InChI is InChI=1S/C11H11NO2S/c1-7(12)11(13)14-9-6-15-10-5-3-2-4-8(9)10/h2-7H,12H2,1H3/t7-/m0/s1. The highest BCUT2D eigenvalue weighted by atomic mass is 32.1. The molecule has 0 saturated carbocycles. The minimum atomic E-state index is -0.594. The van der Waals surface area contributed by atoms with E-state index in [9.17, 15) is 4.79 Å². The molecule has 0 spiro atoms. The molecular formula is C11H11NO2S. The summed E-state index contributed by atoms with van der Waals surface area (Å²) < 4.78 is 6.28. The molecule has 4 heteroatoms. The Balaban J connectivity index is 2.33. The fourth-order valence-electron chi connectivity index (χ4n) is 1.23. The second-order valence-corrected chi connectivity index (χ2v) is 4.22. The number of carbonyl (C=O) groups excluding carboxylic acids is 1. The van der Waals surface area contributed by atoms with Gasteiger partial charge in [0.2, 0.25) is 0 Å². The minimum absolute atomic E-state index is 0.404. The molecule has 15 heavy (non-hydrogen) atoms. The Bertz CT molecular complexity index is 490. The average molecular weight is 221 g/mol. The second-order valence-electron chi connectivity index (χ2n) is 3.31. The topological polar surface area (TPSA) is 52.3 Å². The lowest BCUT2D eigenvalue weighted by Crippen LogP contribution is -2.30. The molecule has 0 fully saturated rings. The van der Waals surface area contributed by atoms with Gasteiger partial charge < -0.3 is 10.5 Å². The number of hydrogen-bond donors (Lipinski definition) is 1. The summed E-state index contributed by atoms with van der Waals surface area (Å²) in [5.41, 5.74) is 5.43. The fraction of sp³-hybridized carbons (Fsp3) is 0.182. The molecule has 0 saturated heterocycles. The predicted molar refractivity (Wildman–Crippen MR) is 61.1 cm³/mol. The van der Waals surface area contributed by atoms with E-state index in [1.54, 1.807) is 18.3 Å². The van der Waals surface area contributed by atoms with Gasteiger partial charge in [-0.3, -0.25) is 0 Å². The summed E-state index contributed by atoms with van der Waals surface area (Å²) in [5.74, 6) is 0.191. The summed E-state index contributed by atoms with van der Waals surface area (Å²) in [7, 11) is 0. The molecule has 2 rings (SSSR count). The maximum atomic E-state index is 11.3. The van der Waals surface area contributed by atoms with E-state index < -0.39 is 12.0 Å². The number of benzene rings is 1. The van der Waals surface area contributed by atoms with Crippen LogP contribution in [-0.2, 0) is 4.79 Å². The molecule has 1 atom stereocenters. The van der Waals surface area contributed by atoms with Crippen LogP contribution in [0.25, 0.3) is 10.1 Å². The zero-order valence-electron chi connectivity index (χ0n) is 8.27. The Morgan fingerprint density at radius 1 is 1.47 bits per heavy atom. The molecule has 0 unspecified atom stereocenters. The number of ether oxygens (including phenoxy) is 1. The van der Waals surface area contributed by atoms with Crippen molar-refractivity contribution >= 4 is 27.4 Å². The monoisotopic (exact) mass is 221 g/mol. The fourth-order valence-corrected chi connectivity index (χ4v) is 2.10. The molecular weight excluding hydrogens is 210 g/mol. The normalized spacial score (nSPS) is 12.7. The van der Waals surface area contributed by atoms with Crippen molar-refractivity contribution in [3.63, 3.8) is 0 Å². The van der Waals surface area contributed by atoms with Gasteiger partial charge in [-0.25, -0.2) is 4.79 Å². The first-order chi connectivity index (χ1) is 7.18. The molecule has 78 valence electrons. The van der Waals surface area contributed by atoms with Gasteiger partial charge in [-0.2, -0.15) is 0 Å². The van der Waals surface area contributed by atoms with Gasteiger partial charge in [0.05, 0.1) is 0 Å². The van der Waals surface area contributed by atoms with E-state index in [4.69, 9.17) is 10.5 Å². The molecule has 3 nitrogen and oxygen atoms in total. The lowest BCUT2D eigenvalue weighted by molar-refractivity contribution is -0.135. The highest BCUT2D eigenvalue weighted by Crippen LogP contribution is 2.31. The van der Waals surface area contributed by atoms with E-state index in [2.05, 4.69) is 0 Å². The van der Waals surface area contributed by atoms with Crippen molar-refractivity contribution in [3.8, 4) is 5.75 Å². The van der Waals surface area contributed by atoms with Crippen LogP contribution in [0.5, 0.6) is 5.75 Å². The lowest BCUT2D eigenvalue weighted by Gasteiger charge is -2.04. The van der Waals surface area contributed by atoms with Crippen molar-refractivity contribution in [1.82, 2.24) is 0 Å². The molecule has 2 aromatic rings. The third kappa shape index (κ3) is 2.00. The third-order valence-electron chi connectivity index (χ3n) is 2.03. The van der Waals surface area contributed by atoms with Crippen molar-refractivity contribution in [2.24, 2.45) is 5.73 Å². The summed E-state index contributed by atoms with van der Waals surface area (Å²) in [6, 6.07) is 7.19. The van der Waals surface area contributed by atoms with Gasteiger partial charge in [0.1, 0.15) is 11.8 Å². The Morgan fingerprint density at radius 3 is 2.93 bits per heavy atom. The number of rotatable bonds is 2. The highest BCUT2D eigenvalue weighted by molar-refractivity contribution is 7.17. The van der Waals surface area contributed by atoms with Gasteiger partial charge in [0.15, 0.2) is 0 Å². The lowest BCUT2D eigenvalue weighted by atomic mass is 10.2. The molecule has 0 aliphatic heterocycles. The maximum Gasteiger partial charge on any atom is 0.328 e. The zero-order chi connectivity index (χ0) is 10.8. The minimum Gasteiger partial charge on any atom is -0.424 e. The Hall–Kier alpha value is -1.39. The molecule has 0 aliphatic carbocycles. The number of fused-ring (bicyclic) bond motifs is 1. The van der Waals surface area contributed by atoms with Gasteiger partial charge in [-0.15, -0.1) is 11.3 Å². The first-order valence-electron chi connectivity index (χ1n) is 4.62. The number of hydrogen-bond acceptors (Lipinski definition) is 4. The molecule has 2 N–H and O–H groups in total. The van der Waals surface area contributed by atoms with Crippen molar-refractivity contribution < 1.29 is 9.53 Å². The van der Waals surface area contributed by atoms with Crippen LogP contribution in [0, 0.1) is 0 Å². The molecule has 0 amide bonds. The Labute approximate surface area is 91.5 Å². The number of carbonyl (C=O) groups is 1. The highest BCUT2D eigenvalue weighted by Gasteiger charge is 2.12. The van der Waals surface area contributed by atoms with Crippen LogP contribution < -0.4 is 10.5 Å². The number of nitrogens with two attached hydrogens (primary N) is 1. The average Bonchev–Trinajstić information content (AvgIpc) is 2.62. The second kappa shape index (κ2) is 4.00. The zero-order valence-corrected chi connectivity index (χ0v) is 9.08. The largest absolute Gasteiger partial charge is 0.424 e. The summed E-state index contributed by atoms with van der Waals surface area (Å²) >= 11 is 1.55. The van der Waals surface area contributed by atoms with E-state index in [1.807, 2.05) is 29.6 Å². The summed E-state index contributed by atoms with van der Waals surface area (Å²) in [6.45, 7) is 1.61. The van der Waals surface area contributed by atoms with Crippen molar-refractivity contribution in [2.45, 2.75) is 13.0 Å². The van der Waals surface area contributed by atoms with Gasteiger partial charge >= 0.3 is 5.97 Å². The molecule has 0 aliphatic rings. The van der Waals surface area contributed by atoms with Gasteiger partial charge in [-0.05, 0) is 19.1 Å². The van der Waals surface area contributed by atoms with E-state index in [0.29, 0.717) is 5.75 Å². The van der Waals surface area contributed by atoms with Crippen LogP contribution in [0.1, 0.15) is 6.92 Å². The quantitative estimate of drug-likeness (QED) is 0.790. The molecule has 0 radical (unpaired) electrons. The molecule has 0 bridgehead atoms. The summed E-state index contributed by atoms with van der Waals surface area (Å²) in [5, 5.41) is 2.78. The smallest absolute Gasteiger partial charge is 0.328 e. The van der Waals surface area contributed by atoms with Gasteiger partial charge in [-0.1, -0.05) is 12.1 Å². The van der Waals surface area contributed by atoms with Crippen LogP contribution in [0.4, 0.5) is 0 Å². The van der Waals surface area contributed by atoms with Crippen LogP contribution in [0.3, 0.4) is 0 Å².